The second-order valence-electron chi connectivity index (χ2n) is 9.17. The van der Waals surface area contributed by atoms with Gasteiger partial charge in [-0.3, -0.25) is 0 Å². The number of nitrogen functional groups attached to an aromatic ring is 1. The summed E-state index contributed by atoms with van der Waals surface area (Å²) in [7, 11) is 0. The minimum Gasteiger partial charge on any atom is -0.399 e. The van der Waals surface area contributed by atoms with Crippen molar-refractivity contribution in [1.29, 1.82) is 0 Å². The molecule has 2 N–H and O–H groups in total. The van der Waals surface area contributed by atoms with Crippen LogP contribution in [0.5, 0.6) is 0 Å². The van der Waals surface area contributed by atoms with Crippen LogP contribution in [0.2, 0.25) is 0 Å². The molecule has 2 aromatic rings. The zero-order valence-electron chi connectivity index (χ0n) is 19.7. The van der Waals surface area contributed by atoms with E-state index in [-0.39, 0.29) is 0 Å². The first-order valence-corrected chi connectivity index (χ1v) is 12.6. The van der Waals surface area contributed by atoms with E-state index in [1.165, 1.54) is 112 Å². The molecule has 0 atom stereocenters. The van der Waals surface area contributed by atoms with E-state index in [2.05, 4.69) is 50.2 Å². The Morgan fingerprint density at radius 1 is 0.600 bits per heavy atom. The predicted molar refractivity (Wildman–Crippen MR) is 134 cm³/mol. The number of aryl methyl sites for hydroxylation is 2. The van der Waals surface area contributed by atoms with E-state index < -0.39 is 0 Å². The number of hydrogen-bond donors (Lipinski definition) is 1. The van der Waals surface area contributed by atoms with Crippen molar-refractivity contribution in [2.24, 2.45) is 0 Å². The quantitative estimate of drug-likeness (QED) is 0.218. The minimum absolute atomic E-state index is 0.851. The van der Waals surface area contributed by atoms with Gasteiger partial charge in [0, 0.05) is 5.69 Å². The van der Waals surface area contributed by atoms with Gasteiger partial charge in [0.1, 0.15) is 0 Å². The molecule has 0 unspecified atom stereocenters. The maximum atomic E-state index is 5.86. The van der Waals surface area contributed by atoms with Gasteiger partial charge in [0.15, 0.2) is 0 Å². The van der Waals surface area contributed by atoms with Crippen molar-refractivity contribution in [3.05, 3.63) is 64.7 Å². The fourth-order valence-corrected chi connectivity index (χ4v) is 4.31. The van der Waals surface area contributed by atoms with Crippen LogP contribution in [0.4, 0.5) is 5.69 Å². The van der Waals surface area contributed by atoms with Gasteiger partial charge in [0.2, 0.25) is 0 Å². The molecule has 0 heterocycles. The molecular formula is C29H45N. The van der Waals surface area contributed by atoms with Crippen molar-refractivity contribution in [3.8, 4) is 0 Å². The summed E-state index contributed by atoms with van der Waals surface area (Å²) in [6, 6.07) is 15.5. The van der Waals surface area contributed by atoms with Gasteiger partial charge in [-0.05, 0) is 60.6 Å². The third-order valence-corrected chi connectivity index (χ3v) is 6.35. The maximum absolute atomic E-state index is 5.86. The summed E-state index contributed by atoms with van der Waals surface area (Å²) < 4.78 is 0. The second-order valence-corrected chi connectivity index (χ2v) is 9.17. The van der Waals surface area contributed by atoms with Gasteiger partial charge in [0.25, 0.3) is 0 Å². The molecule has 0 bridgehead atoms. The molecule has 2 rings (SSSR count). The Labute approximate surface area is 186 Å². The Hall–Kier alpha value is -1.76. The lowest BCUT2D eigenvalue weighted by Gasteiger charge is -2.08. The molecule has 0 amide bonds. The third kappa shape index (κ3) is 10.3. The van der Waals surface area contributed by atoms with Crippen molar-refractivity contribution in [2.75, 3.05) is 5.73 Å². The van der Waals surface area contributed by atoms with E-state index in [0.717, 1.165) is 12.1 Å². The first-order chi connectivity index (χ1) is 14.7. The minimum atomic E-state index is 0.851. The van der Waals surface area contributed by atoms with E-state index in [1.807, 2.05) is 6.07 Å². The molecule has 0 aliphatic rings. The molecule has 1 heteroatoms. The van der Waals surface area contributed by atoms with Crippen molar-refractivity contribution < 1.29 is 0 Å². The van der Waals surface area contributed by atoms with E-state index in [9.17, 15) is 0 Å². The summed E-state index contributed by atoms with van der Waals surface area (Å²) in [5, 5.41) is 0. The van der Waals surface area contributed by atoms with Crippen LogP contribution in [0.25, 0.3) is 0 Å². The summed E-state index contributed by atoms with van der Waals surface area (Å²) in [5.41, 5.74) is 12.2. The largest absolute Gasteiger partial charge is 0.399 e. The van der Waals surface area contributed by atoms with Gasteiger partial charge < -0.3 is 5.73 Å². The second kappa shape index (κ2) is 15.1. The Balaban J connectivity index is 1.50. The number of anilines is 1. The van der Waals surface area contributed by atoms with Crippen molar-refractivity contribution in [2.45, 2.75) is 110 Å². The first kappa shape index (κ1) is 24.5. The van der Waals surface area contributed by atoms with Gasteiger partial charge >= 0.3 is 0 Å². The molecule has 0 saturated heterocycles. The monoisotopic (exact) mass is 407 g/mol. The SMILES string of the molecule is CCCCCCCCCCCCCCCc1ccc(Cc2ccc(N)cc2C)cc1. The van der Waals surface area contributed by atoms with Crippen molar-refractivity contribution in [1.82, 2.24) is 0 Å². The van der Waals surface area contributed by atoms with Crippen LogP contribution in [0.15, 0.2) is 42.5 Å². The van der Waals surface area contributed by atoms with Gasteiger partial charge in [-0.25, -0.2) is 0 Å². The molecule has 0 aromatic heterocycles. The Kier molecular flexibility index (Phi) is 12.3. The third-order valence-electron chi connectivity index (χ3n) is 6.35. The summed E-state index contributed by atoms with van der Waals surface area (Å²) in [6.45, 7) is 4.44. The van der Waals surface area contributed by atoms with E-state index in [4.69, 9.17) is 5.73 Å². The van der Waals surface area contributed by atoms with Crippen LogP contribution in [-0.2, 0) is 12.8 Å². The summed E-state index contributed by atoms with van der Waals surface area (Å²) in [5.74, 6) is 0. The molecular weight excluding hydrogens is 362 g/mol. The Bertz CT molecular complexity index is 686. The van der Waals surface area contributed by atoms with Gasteiger partial charge in [-0.15, -0.1) is 0 Å². The van der Waals surface area contributed by atoms with Crippen molar-refractivity contribution in [3.63, 3.8) is 0 Å². The van der Waals surface area contributed by atoms with Gasteiger partial charge in [-0.1, -0.05) is 114 Å². The lowest BCUT2D eigenvalue weighted by molar-refractivity contribution is 0.539. The standard InChI is InChI=1S/C29H45N/c1-3-4-5-6-7-8-9-10-11-12-13-14-15-16-26-17-19-27(20-18-26)24-28-21-22-29(30)23-25(28)2/h17-23H,3-16,24,30H2,1-2H3. The number of hydrogen-bond acceptors (Lipinski definition) is 1. The van der Waals surface area contributed by atoms with E-state index in [1.54, 1.807) is 0 Å². The molecule has 0 fully saturated rings. The molecule has 2 aromatic carbocycles. The zero-order valence-corrected chi connectivity index (χ0v) is 19.7. The number of rotatable bonds is 16. The predicted octanol–water partition coefficient (Wildman–Crippen LogP) is 8.80. The van der Waals surface area contributed by atoms with E-state index in [0.29, 0.717) is 0 Å². The summed E-state index contributed by atoms with van der Waals surface area (Å²) in [4.78, 5) is 0. The average molecular weight is 408 g/mol. The first-order valence-electron chi connectivity index (χ1n) is 12.6. The molecule has 1 nitrogen and oxygen atoms in total. The lowest BCUT2D eigenvalue weighted by atomic mass is 9.98. The van der Waals surface area contributed by atoms with Crippen LogP contribution < -0.4 is 5.73 Å². The normalized spacial score (nSPS) is 11.1. The summed E-state index contributed by atoms with van der Waals surface area (Å²) >= 11 is 0. The molecule has 0 aliphatic heterocycles. The number of benzene rings is 2. The fraction of sp³-hybridized carbons (Fsp3) is 0.586. The Morgan fingerprint density at radius 2 is 1.10 bits per heavy atom. The zero-order chi connectivity index (χ0) is 21.4. The summed E-state index contributed by atoms with van der Waals surface area (Å²) in [6.07, 6.45) is 20.7. The Morgan fingerprint density at radius 3 is 1.63 bits per heavy atom. The lowest BCUT2D eigenvalue weighted by Crippen LogP contribution is -1.95. The van der Waals surface area contributed by atoms with Crippen LogP contribution in [0, 0.1) is 6.92 Å². The molecule has 0 aliphatic carbocycles. The van der Waals surface area contributed by atoms with Crippen LogP contribution in [-0.4, -0.2) is 0 Å². The molecule has 0 saturated carbocycles. The van der Waals surface area contributed by atoms with Crippen molar-refractivity contribution >= 4 is 5.69 Å². The van der Waals surface area contributed by atoms with Crippen LogP contribution >= 0.6 is 0 Å². The number of nitrogens with two attached hydrogens (primary N) is 1. The molecule has 166 valence electrons. The molecule has 0 spiro atoms. The maximum Gasteiger partial charge on any atom is 0.0316 e. The molecule has 30 heavy (non-hydrogen) atoms. The highest BCUT2D eigenvalue weighted by atomic mass is 14.5. The molecule has 0 radical (unpaired) electrons. The van der Waals surface area contributed by atoms with Gasteiger partial charge in [0.05, 0.1) is 0 Å². The van der Waals surface area contributed by atoms with E-state index >= 15 is 0 Å². The smallest absolute Gasteiger partial charge is 0.0316 e. The topological polar surface area (TPSA) is 26.0 Å². The van der Waals surface area contributed by atoms with Crippen LogP contribution in [0.1, 0.15) is 113 Å². The highest BCUT2D eigenvalue weighted by Gasteiger charge is 2.02. The number of unbranched alkanes of at least 4 members (excludes halogenated alkanes) is 12. The highest BCUT2D eigenvalue weighted by molar-refractivity contribution is 5.45. The average Bonchev–Trinajstić information content (AvgIpc) is 2.74. The fourth-order valence-electron chi connectivity index (χ4n) is 4.31. The van der Waals surface area contributed by atoms with Crippen LogP contribution in [0.3, 0.4) is 0 Å². The highest BCUT2D eigenvalue weighted by Crippen LogP contribution is 2.18. The van der Waals surface area contributed by atoms with Gasteiger partial charge in [-0.2, -0.15) is 0 Å².